The first-order chi connectivity index (χ1) is 29.5. The van der Waals surface area contributed by atoms with E-state index in [2.05, 4.69) is 154 Å². The first-order valence-corrected chi connectivity index (χ1v) is 23.0. The number of hydrogen-bond acceptors (Lipinski definition) is 3. The quantitative estimate of drug-likeness (QED) is 0.118. The maximum atomic E-state index is 7.88. The molecular weight excluding hydrogens is 903 g/mol. The van der Waals surface area contributed by atoms with Gasteiger partial charge in [0.05, 0.1) is 30.5 Å². The number of benzene rings is 6. The minimum Gasteiger partial charge on any atom is -0.500 e. The third kappa shape index (κ3) is 8.15. The van der Waals surface area contributed by atoms with Gasteiger partial charge >= 0.3 is 0 Å². The van der Waals surface area contributed by atoms with E-state index in [0.29, 0.717) is 23.1 Å². The molecule has 0 amide bonds. The number of rotatable bonds is 7. The Hall–Kier alpha value is -5.39. The number of nitrogens with zero attached hydrogens (tertiary/aromatic N) is 3. The summed E-state index contributed by atoms with van der Waals surface area (Å²) in [7, 11) is -1.43. The van der Waals surface area contributed by atoms with Crippen molar-refractivity contribution in [1.29, 1.82) is 0 Å². The molecule has 58 heavy (non-hydrogen) atoms. The van der Waals surface area contributed by atoms with Gasteiger partial charge in [-0.2, -0.15) is 0 Å². The van der Waals surface area contributed by atoms with Crippen molar-refractivity contribution in [3.63, 3.8) is 0 Å². The topological polar surface area (TPSA) is 43.9 Å². The van der Waals surface area contributed by atoms with E-state index in [1.54, 1.807) is 0 Å². The second-order valence-electron chi connectivity index (χ2n) is 16.2. The Morgan fingerprint density at radius 2 is 1.43 bits per heavy atom. The van der Waals surface area contributed by atoms with Crippen LogP contribution in [0.25, 0.3) is 72.4 Å². The molecule has 3 heterocycles. The molecule has 0 aliphatic heterocycles. The molecule has 0 saturated heterocycles. The SMILES string of the molecule is CC(C)c1cc(-c2ccccc2)cc(C(C)C)c1-n1c(-c2[c-]cc3oc4ccccc4c3c2)nc2ccccc21.[2H]c1[c-]c(-c2ccc([Si](C)(C)C)cn2)cc([2H])c1C([2H])([2H])[2H].[Ir]. The Morgan fingerprint density at radius 3 is 2.10 bits per heavy atom. The van der Waals surface area contributed by atoms with Crippen LogP contribution in [0.3, 0.4) is 0 Å². The van der Waals surface area contributed by atoms with Gasteiger partial charge in [-0.1, -0.05) is 132 Å². The molecule has 0 aliphatic rings. The van der Waals surface area contributed by atoms with Crippen molar-refractivity contribution in [2.45, 2.75) is 66.0 Å². The summed E-state index contributed by atoms with van der Waals surface area (Å²) in [6.45, 7) is 13.3. The molecule has 9 rings (SSSR count). The molecular formula is C52H49IrN3OSi-2. The number of para-hydroxylation sites is 3. The molecule has 0 aliphatic carbocycles. The van der Waals surface area contributed by atoms with Crippen LogP contribution in [0.4, 0.5) is 0 Å². The third-order valence-electron chi connectivity index (χ3n) is 10.4. The fraction of sp³-hybridized carbons (Fsp3) is 0.192. The van der Waals surface area contributed by atoms with Crippen molar-refractivity contribution in [3.8, 4) is 39.5 Å². The van der Waals surface area contributed by atoms with E-state index < -0.39 is 14.9 Å². The summed E-state index contributed by atoms with van der Waals surface area (Å²) in [5.74, 6) is 1.52. The van der Waals surface area contributed by atoms with Crippen LogP contribution in [0.2, 0.25) is 19.6 Å². The van der Waals surface area contributed by atoms with E-state index in [9.17, 15) is 0 Å². The monoisotopic (exact) mass is 957 g/mol. The summed E-state index contributed by atoms with van der Waals surface area (Å²) in [6.07, 6.45) is 1.82. The van der Waals surface area contributed by atoms with E-state index >= 15 is 0 Å². The van der Waals surface area contributed by atoms with Crippen LogP contribution in [-0.4, -0.2) is 22.6 Å². The average molecular weight is 957 g/mol. The van der Waals surface area contributed by atoms with Gasteiger partial charge in [0.2, 0.25) is 0 Å². The molecule has 0 atom stereocenters. The number of aromatic nitrogens is 3. The van der Waals surface area contributed by atoms with E-state index in [1.807, 2.05) is 36.5 Å². The molecule has 0 bridgehead atoms. The summed E-state index contributed by atoms with van der Waals surface area (Å²) in [6, 6.07) is 47.3. The van der Waals surface area contributed by atoms with Gasteiger partial charge in [-0.3, -0.25) is 4.98 Å². The minimum atomic E-state index is -2.47. The van der Waals surface area contributed by atoms with Crippen LogP contribution in [0.1, 0.15) is 63.1 Å². The van der Waals surface area contributed by atoms with Crippen LogP contribution >= 0.6 is 0 Å². The van der Waals surface area contributed by atoms with E-state index in [4.69, 9.17) is 16.3 Å². The second kappa shape index (κ2) is 16.8. The average Bonchev–Trinajstić information content (AvgIpc) is 3.81. The van der Waals surface area contributed by atoms with Gasteiger partial charge in [-0.05, 0) is 75.3 Å². The molecule has 4 nitrogen and oxygen atoms in total. The van der Waals surface area contributed by atoms with Gasteiger partial charge < -0.3 is 14.0 Å². The molecule has 1 radical (unpaired) electrons. The number of imidazole rings is 1. The third-order valence-corrected chi connectivity index (χ3v) is 12.5. The zero-order chi connectivity index (χ0) is 44.1. The minimum absolute atomic E-state index is 0. The standard InChI is InChI=1S/C37H31N2O.C15H18NSi.Ir/c1-23(2)29-21-27(25-12-6-5-7-13-25)22-30(24(3)4)36(29)39-33-16-10-9-15-32(33)38-37(39)26-18-19-35-31(20-26)28-14-8-11-17-34(28)40-35;1-12-5-7-13(8-6-12)15-10-9-14(11-16-15)17(2,3)4;/h5-17,19-24H,1-4H3;5-7,9-11H,1-4H3;/q2*-1;/i;1D3,5D,6D;. The van der Waals surface area contributed by atoms with Gasteiger partial charge in [0.15, 0.2) is 0 Å². The molecule has 0 spiro atoms. The van der Waals surface area contributed by atoms with Gasteiger partial charge in [0.1, 0.15) is 5.58 Å². The Morgan fingerprint density at radius 1 is 0.724 bits per heavy atom. The maximum absolute atomic E-state index is 7.88. The van der Waals surface area contributed by atoms with Gasteiger partial charge in [-0.15, -0.1) is 59.1 Å². The Labute approximate surface area is 364 Å². The van der Waals surface area contributed by atoms with Crippen molar-refractivity contribution in [2.24, 2.45) is 0 Å². The first kappa shape index (κ1) is 34.6. The molecule has 6 aromatic carbocycles. The Balaban J connectivity index is 0.000000221. The van der Waals surface area contributed by atoms with E-state index in [-0.39, 0.29) is 37.8 Å². The molecule has 3 aromatic heterocycles. The summed E-state index contributed by atoms with van der Waals surface area (Å²) < 4.78 is 46.4. The summed E-state index contributed by atoms with van der Waals surface area (Å²) in [5.41, 5.74) is 11.9. The maximum Gasteiger partial charge on any atom is 0.120 e. The second-order valence-corrected chi connectivity index (χ2v) is 21.2. The molecule has 0 unspecified atom stereocenters. The van der Waals surface area contributed by atoms with Gasteiger partial charge in [0.25, 0.3) is 0 Å². The molecule has 0 N–H and O–H groups in total. The van der Waals surface area contributed by atoms with Crippen molar-refractivity contribution >= 4 is 46.2 Å². The smallest absolute Gasteiger partial charge is 0.120 e. The molecule has 293 valence electrons. The predicted molar refractivity (Wildman–Crippen MR) is 242 cm³/mol. The first-order valence-electron chi connectivity index (χ1n) is 22.0. The number of fused-ring (bicyclic) bond motifs is 4. The number of hydrogen-bond donors (Lipinski definition) is 0. The van der Waals surface area contributed by atoms with Crippen molar-refractivity contribution in [1.82, 2.24) is 14.5 Å². The van der Waals surface area contributed by atoms with Crippen LogP contribution in [0.5, 0.6) is 0 Å². The van der Waals surface area contributed by atoms with Crippen molar-refractivity contribution in [3.05, 3.63) is 168 Å². The van der Waals surface area contributed by atoms with Gasteiger partial charge in [0, 0.05) is 44.2 Å². The number of pyridine rings is 1. The summed E-state index contributed by atoms with van der Waals surface area (Å²) >= 11 is 0. The largest absolute Gasteiger partial charge is 0.500 e. The predicted octanol–water partition coefficient (Wildman–Crippen LogP) is 13.7. The molecule has 9 aromatic rings. The summed E-state index contributed by atoms with van der Waals surface area (Å²) in [5, 5.41) is 3.40. The van der Waals surface area contributed by atoms with Gasteiger partial charge in [-0.25, -0.2) is 0 Å². The number of furan rings is 1. The normalized spacial score (nSPS) is 13.1. The Kier molecular flexibility index (Phi) is 10.1. The van der Waals surface area contributed by atoms with Crippen LogP contribution in [-0.2, 0) is 20.1 Å². The zero-order valence-corrected chi connectivity index (χ0v) is 37.3. The zero-order valence-electron chi connectivity index (χ0n) is 38.9. The fourth-order valence-corrected chi connectivity index (χ4v) is 8.36. The fourth-order valence-electron chi connectivity index (χ4n) is 7.33. The van der Waals surface area contributed by atoms with Crippen molar-refractivity contribution < 1.29 is 31.4 Å². The van der Waals surface area contributed by atoms with Crippen LogP contribution in [0, 0.1) is 19.0 Å². The Bertz CT molecular complexity index is 3020. The molecule has 0 saturated carbocycles. The van der Waals surface area contributed by atoms with E-state index in [1.165, 1.54) is 39.2 Å². The van der Waals surface area contributed by atoms with E-state index in [0.717, 1.165) is 44.4 Å². The van der Waals surface area contributed by atoms with Crippen LogP contribution < -0.4 is 5.19 Å². The molecule has 0 fully saturated rings. The van der Waals surface area contributed by atoms with Crippen molar-refractivity contribution in [2.75, 3.05) is 0 Å². The van der Waals surface area contributed by atoms with Crippen LogP contribution in [0.15, 0.2) is 144 Å². The molecule has 6 heteroatoms. The summed E-state index contributed by atoms with van der Waals surface area (Å²) in [4.78, 5) is 9.60.